The predicted octanol–water partition coefficient (Wildman–Crippen LogP) is 1.82. The first-order valence-electron chi connectivity index (χ1n) is 7.29. The van der Waals surface area contributed by atoms with E-state index in [0.717, 1.165) is 31.9 Å². The summed E-state index contributed by atoms with van der Waals surface area (Å²) in [5, 5.41) is 8.64. The fourth-order valence-electron chi connectivity index (χ4n) is 2.71. The van der Waals surface area contributed by atoms with E-state index >= 15 is 0 Å². The van der Waals surface area contributed by atoms with Crippen LogP contribution in [0.2, 0.25) is 5.02 Å². The summed E-state index contributed by atoms with van der Waals surface area (Å²) in [5.74, 6) is 0.883. The Morgan fingerprint density at radius 3 is 2.82 bits per heavy atom. The molecule has 116 valence electrons. The zero-order chi connectivity index (χ0) is 15.5. The van der Waals surface area contributed by atoms with Gasteiger partial charge in [-0.2, -0.15) is 5.10 Å². The molecule has 22 heavy (non-hydrogen) atoms. The highest BCUT2D eigenvalue weighted by atomic mass is 35.5. The summed E-state index contributed by atoms with van der Waals surface area (Å²) in [7, 11) is 1.84. The highest BCUT2D eigenvalue weighted by molar-refractivity contribution is 6.31. The molecule has 0 atom stereocenters. The van der Waals surface area contributed by atoms with Gasteiger partial charge in [0, 0.05) is 45.6 Å². The molecule has 2 aromatic rings. The van der Waals surface area contributed by atoms with Crippen LogP contribution in [0.15, 0.2) is 30.6 Å². The number of hydrogen-bond donors (Lipinski definition) is 0. The summed E-state index contributed by atoms with van der Waals surface area (Å²) < 4.78 is 1.77. The SMILES string of the molecule is Cn1cc(Cl)cc1C(=O)N1CCCN(c2cccnn2)CC1. The minimum atomic E-state index is 0.0235. The molecule has 3 rings (SSSR count). The van der Waals surface area contributed by atoms with Gasteiger partial charge < -0.3 is 14.4 Å². The van der Waals surface area contributed by atoms with E-state index < -0.39 is 0 Å². The second kappa shape index (κ2) is 6.36. The molecule has 1 amide bonds. The van der Waals surface area contributed by atoms with E-state index in [1.807, 2.05) is 24.1 Å². The Bertz CT molecular complexity index is 657. The van der Waals surface area contributed by atoms with Crippen LogP contribution in [0.1, 0.15) is 16.9 Å². The Morgan fingerprint density at radius 1 is 1.27 bits per heavy atom. The van der Waals surface area contributed by atoms with E-state index in [0.29, 0.717) is 17.3 Å². The van der Waals surface area contributed by atoms with Gasteiger partial charge in [-0.25, -0.2) is 0 Å². The molecule has 1 saturated heterocycles. The number of carbonyl (C=O) groups excluding carboxylic acids is 1. The van der Waals surface area contributed by atoms with E-state index in [4.69, 9.17) is 11.6 Å². The summed E-state index contributed by atoms with van der Waals surface area (Å²) in [5.41, 5.74) is 0.623. The molecular formula is C15H18ClN5O. The van der Waals surface area contributed by atoms with Crippen LogP contribution in [-0.4, -0.2) is 51.8 Å². The van der Waals surface area contributed by atoms with Crippen molar-refractivity contribution in [1.29, 1.82) is 0 Å². The van der Waals surface area contributed by atoms with Crippen molar-refractivity contribution in [3.8, 4) is 0 Å². The van der Waals surface area contributed by atoms with Crippen LogP contribution in [0.4, 0.5) is 5.82 Å². The molecule has 0 spiro atoms. The number of anilines is 1. The average molecular weight is 320 g/mol. The lowest BCUT2D eigenvalue weighted by Gasteiger charge is -2.22. The molecule has 0 unspecified atom stereocenters. The number of amides is 1. The van der Waals surface area contributed by atoms with Gasteiger partial charge >= 0.3 is 0 Å². The van der Waals surface area contributed by atoms with Crippen molar-refractivity contribution in [3.05, 3.63) is 41.3 Å². The van der Waals surface area contributed by atoms with Gasteiger partial charge in [0.25, 0.3) is 5.91 Å². The Balaban J connectivity index is 1.70. The fourth-order valence-corrected chi connectivity index (χ4v) is 2.96. The number of hydrogen-bond acceptors (Lipinski definition) is 4. The third-order valence-corrected chi connectivity index (χ3v) is 4.06. The Kier molecular flexibility index (Phi) is 4.29. The molecule has 0 aliphatic carbocycles. The Hall–Kier alpha value is -2.08. The molecule has 2 aromatic heterocycles. The van der Waals surface area contributed by atoms with Gasteiger partial charge in [-0.1, -0.05) is 11.6 Å². The minimum Gasteiger partial charge on any atom is -0.353 e. The van der Waals surface area contributed by atoms with Crippen molar-refractivity contribution >= 4 is 23.3 Å². The molecule has 1 fully saturated rings. The molecule has 6 nitrogen and oxygen atoms in total. The van der Waals surface area contributed by atoms with Crippen molar-refractivity contribution in [2.24, 2.45) is 7.05 Å². The first kappa shape index (κ1) is 14.8. The van der Waals surface area contributed by atoms with Crippen LogP contribution >= 0.6 is 11.6 Å². The Morgan fingerprint density at radius 2 is 2.14 bits per heavy atom. The van der Waals surface area contributed by atoms with Crippen LogP contribution in [0.5, 0.6) is 0 Å². The van der Waals surface area contributed by atoms with Crippen LogP contribution in [0.3, 0.4) is 0 Å². The maximum absolute atomic E-state index is 12.6. The van der Waals surface area contributed by atoms with Crippen molar-refractivity contribution in [2.45, 2.75) is 6.42 Å². The lowest BCUT2D eigenvalue weighted by molar-refractivity contribution is 0.0757. The first-order valence-corrected chi connectivity index (χ1v) is 7.67. The van der Waals surface area contributed by atoms with Crippen molar-refractivity contribution in [3.63, 3.8) is 0 Å². The quantitative estimate of drug-likeness (QED) is 0.847. The van der Waals surface area contributed by atoms with Crippen LogP contribution in [0, 0.1) is 0 Å². The molecule has 0 radical (unpaired) electrons. The van der Waals surface area contributed by atoms with Gasteiger partial charge in [-0.3, -0.25) is 4.79 Å². The topological polar surface area (TPSA) is 54.3 Å². The first-order chi connectivity index (χ1) is 10.6. The summed E-state index contributed by atoms with van der Waals surface area (Å²) in [6, 6.07) is 5.54. The molecule has 7 heteroatoms. The summed E-state index contributed by atoms with van der Waals surface area (Å²) >= 11 is 5.97. The van der Waals surface area contributed by atoms with E-state index in [-0.39, 0.29) is 5.91 Å². The van der Waals surface area contributed by atoms with Gasteiger partial charge in [-0.05, 0) is 24.6 Å². The molecule has 0 N–H and O–H groups in total. The smallest absolute Gasteiger partial charge is 0.270 e. The highest BCUT2D eigenvalue weighted by Gasteiger charge is 2.22. The minimum absolute atomic E-state index is 0.0235. The zero-order valence-corrected chi connectivity index (χ0v) is 13.2. The number of aryl methyl sites for hydroxylation is 1. The normalized spacial score (nSPS) is 15.7. The molecule has 0 saturated carbocycles. The number of nitrogens with zero attached hydrogens (tertiary/aromatic N) is 5. The predicted molar refractivity (Wildman–Crippen MR) is 85.2 cm³/mol. The van der Waals surface area contributed by atoms with Gasteiger partial charge in [0.05, 0.1) is 5.02 Å². The van der Waals surface area contributed by atoms with Crippen LogP contribution in [-0.2, 0) is 7.05 Å². The van der Waals surface area contributed by atoms with E-state index in [2.05, 4.69) is 15.1 Å². The fraction of sp³-hybridized carbons (Fsp3) is 0.400. The third kappa shape index (κ3) is 3.06. The molecule has 3 heterocycles. The lowest BCUT2D eigenvalue weighted by Crippen LogP contribution is -2.36. The molecule has 0 aromatic carbocycles. The lowest BCUT2D eigenvalue weighted by atomic mass is 10.3. The summed E-state index contributed by atoms with van der Waals surface area (Å²) in [6.07, 6.45) is 4.31. The standard InChI is InChI=1S/C15H18ClN5O/c1-19-11-12(16)10-13(19)15(22)21-7-3-6-20(8-9-21)14-4-2-5-17-18-14/h2,4-5,10-11H,3,6-9H2,1H3. The molecule has 1 aliphatic rings. The zero-order valence-electron chi connectivity index (χ0n) is 12.4. The summed E-state index contributed by atoms with van der Waals surface area (Å²) in [4.78, 5) is 16.7. The van der Waals surface area contributed by atoms with Gasteiger partial charge in [0.15, 0.2) is 5.82 Å². The molecule has 1 aliphatic heterocycles. The number of carbonyl (C=O) groups is 1. The van der Waals surface area contributed by atoms with E-state index in [9.17, 15) is 4.79 Å². The number of rotatable bonds is 2. The largest absolute Gasteiger partial charge is 0.353 e. The summed E-state index contributed by atoms with van der Waals surface area (Å²) in [6.45, 7) is 3.02. The highest BCUT2D eigenvalue weighted by Crippen LogP contribution is 2.17. The monoisotopic (exact) mass is 319 g/mol. The van der Waals surface area contributed by atoms with Crippen molar-refractivity contribution < 1.29 is 4.79 Å². The van der Waals surface area contributed by atoms with Gasteiger partial charge in [-0.15, -0.1) is 5.10 Å². The average Bonchev–Trinajstić information content (AvgIpc) is 2.74. The number of aromatic nitrogens is 3. The second-order valence-corrected chi connectivity index (χ2v) is 5.81. The van der Waals surface area contributed by atoms with Gasteiger partial charge in [0.2, 0.25) is 0 Å². The van der Waals surface area contributed by atoms with Gasteiger partial charge in [0.1, 0.15) is 5.69 Å². The number of halogens is 1. The van der Waals surface area contributed by atoms with Crippen molar-refractivity contribution in [1.82, 2.24) is 19.7 Å². The van der Waals surface area contributed by atoms with Crippen LogP contribution < -0.4 is 4.90 Å². The third-order valence-electron chi connectivity index (χ3n) is 3.86. The molecular weight excluding hydrogens is 302 g/mol. The maximum atomic E-state index is 12.6. The van der Waals surface area contributed by atoms with Crippen molar-refractivity contribution in [2.75, 3.05) is 31.1 Å². The second-order valence-electron chi connectivity index (χ2n) is 5.37. The van der Waals surface area contributed by atoms with E-state index in [1.165, 1.54) is 0 Å². The van der Waals surface area contributed by atoms with Crippen LogP contribution in [0.25, 0.3) is 0 Å². The molecule has 0 bridgehead atoms. The maximum Gasteiger partial charge on any atom is 0.270 e. The van der Waals surface area contributed by atoms with E-state index in [1.54, 1.807) is 23.0 Å². The Labute approximate surface area is 134 Å².